The van der Waals surface area contributed by atoms with Gasteiger partial charge in [-0.15, -0.1) is 11.8 Å². The summed E-state index contributed by atoms with van der Waals surface area (Å²) < 4.78 is 5.50. The van der Waals surface area contributed by atoms with E-state index < -0.39 is 0 Å². The van der Waals surface area contributed by atoms with Crippen LogP contribution < -0.4 is 5.73 Å². The Labute approximate surface area is 122 Å². The number of hydrogen-bond donors (Lipinski definition) is 1. The highest BCUT2D eigenvalue weighted by atomic mass is 32.2. The van der Waals surface area contributed by atoms with E-state index in [-0.39, 0.29) is 0 Å². The molecule has 2 aliphatic rings. The van der Waals surface area contributed by atoms with Gasteiger partial charge in [0.2, 0.25) is 5.89 Å². The van der Waals surface area contributed by atoms with E-state index in [1.807, 2.05) is 23.5 Å². The normalized spacial score (nSPS) is 35.7. The van der Waals surface area contributed by atoms with Gasteiger partial charge in [0.25, 0.3) is 0 Å². The Morgan fingerprint density at radius 1 is 1.32 bits per heavy atom. The van der Waals surface area contributed by atoms with Crippen LogP contribution in [-0.2, 0) is 0 Å². The first kappa shape index (κ1) is 13.8. The zero-order valence-electron chi connectivity index (χ0n) is 11.2. The molecule has 4 atom stereocenters. The van der Waals surface area contributed by atoms with E-state index in [2.05, 4.69) is 17.1 Å². The van der Waals surface area contributed by atoms with Crippen LogP contribution in [-0.4, -0.2) is 32.9 Å². The number of aromatic nitrogens is 2. The van der Waals surface area contributed by atoms with Crippen LogP contribution in [0.25, 0.3) is 0 Å². The minimum atomic E-state index is 0.309. The number of nitrogens with two attached hydrogens (primary N) is 1. The molecule has 0 amide bonds. The van der Waals surface area contributed by atoms with Crippen LogP contribution in [0, 0.1) is 0 Å². The fraction of sp³-hybridized carbons (Fsp3) is 0.846. The van der Waals surface area contributed by atoms with Gasteiger partial charge in [0, 0.05) is 28.7 Å². The average Bonchev–Trinajstić information content (AvgIpc) is 3.07. The third-order valence-corrected chi connectivity index (χ3v) is 7.23. The van der Waals surface area contributed by atoms with Gasteiger partial charge < -0.3 is 10.3 Å². The van der Waals surface area contributed by atoms with Crippen molar-refractivity contribution in [2.24, 2.45) is 5.73 Å². The first-order chi connectivity index (χ1) is 9.28. The minimum Gasteiger partial charge on any atom is -0.339 e. The molecular formula is C13H21N3OS2. The Hall–Kier alpha value is -0.200. The van der Waals surface area contributed by atoms with Crippen molar-refractivity contribution in [2.45, 2.75) is 55.1 Å². The van der Waals surface area contributed by atoms with E-state index in [1.54, 1.807) is 0 Å². The molecule has 2 heterocycles. The summed E-state index contributed by atoms with van der Waals surface area (Å²) in [6, 6.07) is 0.309. The highest BCUT2D eigenvalue weighted by Crippen LogP contribution is 2.43. The number of rotatable bonds is 3. The lowest BCUT2D eigenvalue weighted by atomic mass is 10.1. The predicted octanol–water partition coefficient (Wildman–Crippen LogP) is 2.96. The second-order valence-corrected chi connectivity index (χ2v) is 7.97. The van der Waals surface area contributed by atoms with Gasteiger partial charge in [-0.25, -0.2) is 0 Å². The third-order valence-electron chi connectivity index (χ3n) is 3.99. The summed E-state index contributed by atoms with van der Waals surface area (Å²) >= 11 is 4.02. The van der Waals surface area contributed by atoms with Gasteiger partial charge in [-0.1, -0.05) is 12.1 Å². The molecule has 1 aliphatic carbocycles. The van der Waals surface area contributed by atoms with Crippen molar-refractivity contribution in [1.82, 2.24) is 10.1 Å². The molecule has 2 N–H and O–H groups in total. The molecule has 2 fully saturated rings. The van der Waals surface area contributed by atoms with Gasteiger partial charge in [0.05, 0.1) is 5.25 Å². The molecule has 1 aromatic heterocycles. The summed E-state index contributed by atoms with van der Waals surface area (Å²) in [6.45, 7) is 2.24. The second kappa shape index (κ2) is 6.06. The van der Waals surface area contributed by atoms with Crippen molar-refractivity contribution >= 4 is 23.5 Å². The zero-order chi connectivity index (χ0) is 13.2. The van der Waals surface area contributed by atoms with Gasteiger partial charge in [-0.3, -0.25) is 0 Å². The lowest BCUT2D eigenvalue weighted by molar-refractivity contribution is 0.349. The largest absolute Gasteiger partial charge is 0.339 e. The average molecular weight is 299 g/mol. The molecule has 0 aromatic carbocycles. The Morgan fingerprint density at radius 3 is 2.89 bits per heavy atom. The summed E-state index contributed by atoms with van der Waals surface area (Å²) in [4.78, 5) is 4.68. The third kappa shape index (κ3) is 2.95. The smallest absolute Gasteiger partial charge is 0.229 e. The van der Waals surface area contributed by atoms with Crippen molar-refractivity contribution in [3.8, 4) is 0 Å². The van der Waals surface area contributed by atoms with E-state index in [4.69, 9.17) is 10.3 Å². The standard InChI is InChI=1S/C13H21N3OS2/c1-2-10-11(19-6-5-18-10)12-15-13(17-16-12)8-3-4-9(14)7-8/h8-11H,2-7,14H2,1H3/t8-,9+,10?,11?/m1/s1. The molecule has 4 nitrogen and oxygen atoms in total. The molecule has 1 aliphatic heterocycles. The maximum atomic E-state index is 5.96. The van der Waals surface area contributed by atoms with E-state index in [9.17, 15) is 0 Å². The lowest BCUT2D eigenvalue weighted by Crippen LogP contribution is -2.19. The zero-order valence-corrected chi connectivity index (χ0v) is 12.9. The molecule has 1 saturated heterocycles. The summed E-state index contributed by atoms with van der Waals surface area (Å²) in [6.07, 6.45) is 4.33. The minimum absolute atomic E-state index is 0.309. The van der Waals surface area contributed by atoms with E-state index in [1.165, 1.54) is 17.9 Å². The predicted molar refractivity (Wildman–Crippen MR) is 80.6 cm³/mol. The highest BCUT2D eigenvalue weighted by molar-refractivity contribution is 8.06. The van der Waals surface area contributed by atoms with Crippen molar-refractivity contribution in [2.75, 3.05) is 11.5 Å². The summed E-state index contributed by atoms with van der Waals surface area (Å²) in [5.41, 5.74) is 5.96. The van der Waals surface area contributed by atoms with Gasteiger partial charge in [0.15, 0.2) is 5.82 Å². The van der Waals surface area contributed by atoms with Crippen LogP contribution in [0.3, 0.4) is 0 Å². The second-order valence-electron chi connectivity index (χ2n) is 5.37. The molecule has 1 aromatic rings. The van der Waals surface area contributed by atoms with Crippen LogP contribution in [0.5, 0.6) is 0 Å². The van der Waals surface area contributed by atoms with Gasteiger partial charge >= 0.3 is 0 Å². The number of thioether (sulfide) groups is 2. The van der Waals surface area contributed by atoms with Gasteiger partial charge in [0.1, 0.15) is 0 Å². The molecule has 0 spiro atoms. The van der Waals surface area contributed by atoms with Crippen molar-refractivity contribution in [1.29, 1.82) is 0 Å². The molecule has 2 unspecified atom stereocenters. The van der Waals surface area contributed by atoms with E-state index in [0.29, 0.717) is 22.5 Å². The maximum absolute atomic E-state index is 5.96. The van der Waals surface area contributed by atoms with Crippen LogP contribution in [0.15, 0.2) is 4.52 Å². The topological polar surface area (TPSA) is 64.9 Å². The fourth-order valence-corrected chi connectivity index (χ4v) is 5.89. The molecule has 19 heavy (non-hydrogen) atoms. The Bertz CT molecular complexity index is 426. The first-order valence-electron chi connectivity index (χ1n) is 7.10. The van der Waals surface area contributed by atoms with Gasteiger partial charge in [-0.05, 0) is 25.7 Å². The van der Waals surface area contributed by atoms with Crippen molar-refractivity contribution in [3.05, 3.63) is 11.7 Å². The molecular weight excluding hydrogens is 278 g/mol. The van der Waals surface area contributed by atoms with Crippen LogP contribution in [0.4, 0.5) is 0 Å². The molecule has 3 rings (SSSR count). The van der Waals surface area contributed by atoms with E-state index >= 15 is 0 Å². The first-order valence-corrected chi connectivity index (χ1v) is 9.20. The summed E-state index contributed by atoms with van der Waals surface area (Å²) in [5, 5.41) is 5.27. The molecule has 106 valence electrons. The Kier molecular flexibility index (Phi) is 4.39. The molecule has 1 saturated carbocycles. The summed E-state index contributed by atoms with van der Waals surface area (Å²) in [5.74, 6) is 4.53. The maximum Gasteiger partial charge on any atom is 0.229 e. The molecule has 6 heteroatoms. The van der Waals surface area contributed by atoms with Gasteiger partial charge in [-0.2, -0.15) is 16.7 Å². The van der Waals surface area contributed by atoms with Crippen LogP contribution in [0.2, 0.25) is 0 Å². The highest BCUT2D eigenvalue weighted by Gasteiger charge is 2.33. The molecule has 0 radical (unpaired) electrons. The lowest BCUT2D eigenvalue weighted by Gasteiger charge is -2.27. The number of nitrogens with zero attached hydrogens (tertiary/aromatic N) is 2. The van der Waals surface area contributed by atoms with Crippen molar-refractivity contribution < 1.29 is 4.52 Å². The van der Waals surface area contributed by atoms with Crippen LogP contribution in [0.1, 0.15) is 55.5 Å². The quantitative estimate of drug-likeness (QED) is 0.925. The van der Waals surface area contributed by atoms with E-state index in [0.717, 1.165) is 31.0 Å². The SMILES string of the molecule is CCC1SCCSC1c1noc([C@@H]2CC[C@H](N)C2)n1. The Balaban J connectivity index is 1.73. The molecule has 0 bridgehead atoms. The summed E-state index contributed by atoms with van der Waals surface area (Å²) in [7, 11) is 0. The van der Waals surface area contributed by atoms with Crippen molar-refractivity contribution in [3.63, 3.8) is 0 Å². The fourth-order valence-electron chi connectivity index (χ4n) is 2.91. The Morgan fingerprint density at radius 2 is 2.16 bits per heavy atom. The monoisotopic (exact) mass is 299 g/mol. The number of hydrogen-bond acceptors (Lipinski definition) is 6. The van der Waals surface area contributed by atoms with Crippen LogP contribution >= 0.6 is 23.5 Å².